The van der Waals surface area contributed by atoms with Crippen molar-refractivity contribution in [3.8, 4) is 0 Å². The zero-order chi connectivity index (χ0) is 49.6. The number of carbonyl (C=O) groups excluding carboxylic acids is 3. The van der Waals surface area contributed by atoms with Crippen molar-refractivity contribution in [2.24, 2.45) is 11.8 Å². The maximum absolute atomic E-state index is 12.9. The van der Waals surface area contributed by atoms with Gasteiger partial charge in [-0.1, -0.05) is 311 Å². The molecule has 0 aliphatic rings. The summed E-state index contributed by atoms with van der Waals surface area (Å²) >= 11 is 0. The summed E-state index contributed by atoms with van der Waals surface area (Å²) in [4.78, 5) is 38.2. The zero-order valence-corrected chi connectivity index (χ0v) is 46.7. The van der Waals surface area contributed by atoms with E-state index >= 15 is 0 Å². The predicted octanol–water partition coefficient (Wildman–Crippen LogP) is 20.4. The van der Waals surface area contributed by atoms with Crippen LogP contribution in [0.5, 0.6) is 0 Å². The molecular weight excluding hydrogens is 841 g/mol. The quantitative estimate of drug-likeness (QED) is 0.0343. The van der Waals surface area contributed by atoms with E-state index in [1.165, 1.54) is 238 Å². The number of hydrogen-bond acceptors (Lipinski definition) is 6. The van der Waals surface area contributed by atoms with Gasteiger partial charge in [-0.3, -0.25) is 14.4 Å². The van der Waals surface area contributed by atoms with Gasteiger partial charge in [0, 0.05) is 19.3 Å². The summed E-state index contributed by atoms with van der Waals surface area (Å²) in [5.41, 5.74) is 0. The van der Waals surface area contributed by atoms with E-state index in [4.69, 9.17) is 14.2 Å². The Morgan fingerprint density at radius 3 is 0.838 bits per heavy atom. The van der Waals surface area contributed by atoms with E-state index in [0.717, 1.165) is 69.6 Å². The molecule has 0 spiro atoms. The van der Waals surface area contributed by atoms with Crippen LogP contribution in [0.3, 0.4) is 0 Å². The molecule has 0 heterocycles. The van der Waals surface area contributed by atoms with Gasteiger partial charge in [0.1, 0.15) is 13.2 Å². The fraction of sp³-hybridized carbons (Fsp3) is 0.952. The zero-order valence-electron chi connectivity index (χ0n) is 46.7. The molecule has 0 radical (unpaired) electrons. The molecule has 0 aliphatic carbocycles. The molecule has 2 atom stereocenters. The van der Waals surface area contributed by atoms with E-state index in [9.17, 15) is 14.4 Å². The monoisotopic (exact) mass is 961 g/mol. The summed E-state index contributed by atoms with van der Waals surface area (Å²) in [6.45, 7) is 11.5. The lowest BCUT2D eigenvalue weighted by atomic mass is 9.99. The molecule has 0 aliphatic heterocycles. The van der Waals surface area contributed by atoms with Crippen LogP contribution >= 0.6 is 0 Å². The maximum Gasteiger partial charge on any atom is 0.306 e. The molecule has 1 unspecified atom stereocenters. The summed E-state index contributed by atoms with van der Waals surface area (Å²) in [6.07, 6.45) is 59.4. The summed E-state index contributed by atoms with van der Waals surface area (Å²) in [5.74, 6) is 0.905. The summed E-state index contributed by atoms with van der Waals surface area (Å²) in [5, 5.41) is 0. The minimum atomic E-state index is -0.763. The molecule has 0 saturated carbocycles. The largest absolute Gasteiger partial charge is 0.462 e. The smallest absolute Gasteiger partial charge is 0.306 e. The molecule has 0 rings (SSSR count). The topological polar surface area (TPSA) is 78.9 Å². The van der Waals surface area contributed by atoms with Crippen molar-refractivity contribution >= 4 is 17.9 Å². The Kier molecular flexibility index (Phi) is 53.5. The van der Waals surface area contributed by atoms with E-state index in [1.54, 1.807) is 0 Å². The SMILES string of the molecule is CCCCCCCCCCCCCCCCCC(=O)OC[C@H](COC(=O)CCCCCCCCCCCCCCCCC(C)CC)OC(=O)CCCCCCCCCCCCCCCCC(C)C. The number of ether oxygens (including phenoxy) is 3. The number of unbranched alkanes of at least 4 members (excludes halogenated alkanes) is 40. The Morgan fingerprint density at radius 1 is 0.309 bits per heavy atom. The summed E-state index contributed by atoms with van der Waals surface area (Å²) < 4.78 is 16.9. The number of rotatable bonds is 56. The van der Waals surface area contributed by atoms with Gasteiger partial charge in [0.2, 0.25) is 0 Å². The maximum atomic E-state index is 12.9. The lowest BCUT2D eigenvalue weighted by Crippen LogP contribution is -2.30. The molecule has 0 aromatic carbocycles. The molecule has 68 heavy (non-hydrogen) atoms. The Labute approximate surface area is 425 Å². The van der Waals surface area contributed by atoms with Crippen molar-refractivity contribution in [1.29, 1.82) is 0 Å². The van der Waals surface area contributed by atoms with Crippen LogP contribution < -0.4 is 0 Å². The first-order valence-corrected chi connectivity index (χ1v) is 30.8. The second-order valence-electron chi connectivity index (χ2n) is 22.1. The van der Waals surface area contributed by atoms with Crippen molar-refractivity contribution in [3.63, 3.8) is 0 Å². The predicted molar refractivity (Wildman–Crippen MR) is 293 cm³/mol. The fourth-order valence-corrected chi connectivity index (χ4v) is 9.55. The van der Waals surface area contributed by atoms with Crippen LogP contribution in [-0.4, -0.2) is 37.2 Å². The highest BCUT2D eigenvalue weighted by atomic mass is 16.6. The van der Waals surface area contributed by atoms with Crippen molar-refractivity contribution in [1.82, 2.24) is 0 Å². The lowest BCUT2D eigenvalue weighted by molar-refractivity contribution is -0.167. The normalized spacial score (nSPS) is 12.4. The van der Waals surface area contributed by atoms with Gasteiger partial charge in [-0.25, -0.2) is 0 Å². The first-order chi connectivity index (χ1) is 33.3. The number of carbonyl (C=O) groups is 3. The third-order valence-corrected chi connectivity index (χ3v) is 14.6. The van der Waals surface area contributed by atoms with Crippen LogP contribution in [0, 0.1) is 11.8 Å². The van der Waals surface area contributed by atoms with Crippen molar-refractivity contribution in [2.45, 2.75) is 355 Å². The molecule has 0 saturated heterocycles. The van der Waals surface area contributed by atoms with Crippen molar-refractivity contribution < 1.29 is 28.6 Å². The Bertz CT molecular complexity index is 1040. The van der Waals surface area contributed by atoms with E-state index in [-0.39, 0.29) is 31.1 Å². The van der Waals surface area contributed by atoms with E-state index in [0.29, 0.717) is 19.3 Å². The summed E-state index contributed by atoms with van der Waals surface area (Å²) in [6, 6.07) is 0. The van der Waals surface area contributed by atoms with E-state index < -0.39 is 6.10 Å². The summed E-state index contributed by atoms with van der Waals surface area (Å²) in [7, 11) is 0. The average molecular weight is 962 g/mol. The molecule has 6 nitrogen and oxygen atoms in total. The third-order valence-electron chi connectivity index (χ3n) is 14.6. The molecule has 0 fully saturated rings. The second-order valence-corrected chi connectivity index (χ2v) is 22.1. The average Bonchev–Trinajstić information content (AvgIpc) is 3.32. The van der Waals surface area contributed by atoms with Crippen molar-refractivity contribution in [3.05, 3.63) is 0 Å². The van der Waals surface area contributed by atoms with Gasteiger partial charge >= 0.3 is 17.9 Å². The first kappa shape index (κ1) is 66.4. The highest BCUT2D eigenvalue weighted by Crippen LogP contribution is 2.19. The van der Waals surface area contributed by atoms with Crippen molar-refractivity contribution in [2.75, 3.05) is 13.2 Å². The van der Waals surface area contributed by atoms with E-state index in [1.807, 2.05) is 0 Å². The fourth-order valence-electron chi connectivity index (χ4n) is 9.55. The molecule has 0 aromatic heterocycles. The lowest BCUT2D eigenvalue weighted by Gasteiger charge is -2.18. The molecule has 0 bridgehead atoms. The highest BCUT2D eigenvalue weighted by molar-refractivity contribution is 5.71. The molecule has 0 N–H and O–H groups in total. The standard InChI is InChI=1S/C62H120O6/c1-6-8-9-10-11-12-13-14-15-22-27-32-37-42-47-52-60(63)66-55-59(68-62(65)54-49-44-39-34-29-24-18-16-20-25-30-35-40-45-50-57(3)4)56-67-61(64)53-48-43-38-33-28-23-19-17-21-26-31-36-41-46-51-58(5)7-2/h57-59H,6-56H2,1-5H3/t58?,59-/m1/s1. The Morgan fingerprint density at radius 2 is 0.559 bits per heavy atom. The van der Waals surface area contributed by atoms with Gasteiger partial charge in [-0.05, 0) is 31.1 Å². The minimum absolute atomic E-state index is 0.0621. The number of hydrogen-bond donors (Lipinski definition) is 0. The van der Waals surface area contributed by atoms with Gasteiger partial charge in [-0.15, -0.1) is 0 Å². The molecular formula is C62H120O6. The Hall–Kier alpha value is -1.59. The molecule has 0 aromatic rings. The van der Waals surface area contributed by atoms with Gasteiger partial charge in [0.05, 0.1) is 0 Å². The van der Waals surface area contributed by atoms with Crippen LogP contribution in [0.15, 0.2) is 0 Å². The van der Waals surface area contributed by atoms with Crippen LogP contribution in [0.2, 0.25) is 0 Å². The van der Waals surface area contributed by atoms with Crippen LogP contribution in [0.4, 0.5) is 0 Å². The van der Waals surface area contributed by atoms with Crippen LogP contribution in [0.25, 0.3) is 0 Å². The molecule has 6 heteroatoms. The second kappa shape index (κ2) is 54.7. The minimum Gasteiger partial charge on any atom is -0.462 e. The highest BCUT2D eigenvalue weighted by Gasteiger charge is 2.19. The van der Waals surface area contributed by atoms with Crippen LogP contribution in [-0.2, 0) is 28.6 Å². The van der Waals surface area contributed by atoms with Crippen LogP contribution in [0.1, 0.15) is 349 Å². The number of esters is 3. The first-order valence-electron chi connectivity index (χ1n) is 30.8. The molecule has 0 amide bonds. The third kappa shape index (κ3) is 53.8. The van der Waals surface area contributed by atoms with Gasteiger partial charge in [0.15, 0.2) is 6.10 Å². The van der Waals surface area contributed by atoms with Gasteiger partial charge in [-0.2, -0.15) is 0 Å². The van der Waals surface area contributed by atoms with E-state index in [2.05, 4.69) is 34.6 Å². The molecule has 404 valence electrons. The van der Waals surface area contributed by atoms with Gasteiger partial charge < -0.3 is 14.2 Å². The van der Waals surface area contributed by atoms with Gasteiger partial charge in [0.25, 0.3) is 0 Å². The Balaban J connectivity index is 4.30.